The van der Waals surface area contributed by atoms with Gasteiger partial charge in [-0.3, -0.25) is 4.68 Å². The Balaban J connectivity index is 2.68. The fourth-order valence-electron chi connectivity index (χ4n) is 2.14. The van der Waals surface area contributed by atoms with E-state index >= 15 is 0 Å². The molecule has 17 heavy (non-hydrogen) atoms. The molecule has 0 fully saturated rings. The number of benzene rings is 1. The van der Waals surface area contributed by atoms with E-state index in [0.29, 0.717) is 5.69 Å². The van der Waals surface area contributed by atoms with E-state index in [-0.39, 0.29) is 5.82 Å². The molecule has 0 saturated carbocycles. The fraction of sp³-hybridized carbons (Fsp3) is 0.308. The maximum absolute atomic E-state index is 13.3. The van der Waals surface area contributed by atoms with E-state index in [1.165, 1.54) is 12.1 Å². The number of nitrogens with two attached hydrogens (primary N) is 1. The van der Waals surface area contributed by atoms with Gasteiger partial charge in [-0.2, -0.15) is 5.10 Å². The highest BCUT2D eigenvalue weighted by Gasteiger charge is 2.15. The quantitative estimate of drug-likeness (QED) is 0.810. The molecule has 3 nitrogen and oxygen atoms in total. The van der Waals surface area contributed by atoms with Gasteiger partial charge in [0.2, 0.25) is 0 Å². The van der Waals surface area contributed by atoms with Crippen LogP contribution in [-0.4, -0.2) is 9.78 Å². The summed E-state index contributed by atoms with van der Waals surface area (Å²) in [5.74, 6) is -0.280. The van der Waals surface area contributed by atoms with Crippen molar-refractivity contribution in [2.75, 3.05) is 5.73 Å². The van der Waals surface area contributed by atoms with E-state index in [9.17, 15) is 4.39 Å². The Hall–Kier alpha value is -1.84. The number of anilines is 1. The second-order valence-electron chi connectivity index (χ2n) is 4.09. The van der Waals surface area contributed by atoms with Crippen molar-refractivity contribution in [2.45, 2.75) is 27.3 Å². The molecule has 2 aromatic rings. The highest BCUT2D eigenvalue weighted by Crippen LogP contribution is 2.31. The lowest BCUT2D eigenvalue weighted by atomic mass is 10.0. The van der Waals surface area contributed by atoms with Gasteiger partial charge < -0.3 is 5.73 Å². The number of rotatable bonds is 2. The Morgan fingerprint density at radius 1 is 1.35 bits per heavy atom. The van der Waals surface area contributed by atoms with Crippen molar-refractivity contribution in [2.24, 2.45) is 0 Å². The molecule has 0 amide bonds. The van der Waals surface area contributed by atoms with Crippen LogP contribution >= 0.6 is 0 Å². The second kappa shape index (κ2) is 4.20. The second-order valence-corrected chi connectivity index (χ2v) is 4.09. The maximum atomic E-state index is 13.3. The van der Waals surface area contributed by atoms with Crippen molar-refractivity contribution < 1.29 is 4.39 Å². The van der Waals surface area contributed by atoms with Gasteiger partial charge in [-0.15, -0.1) is 0 Å². The monoisotopic (exact) mass is 233 g/mol. The molecule has 2 N–H and O–H groups in total. The molecule has 90 valence electrons. The van der Waals surface area contributed by atoms with Gasteiger partial charge in [-0.25, -0.2) is 4.39 Å². The first-order valence-electron chi connectivity index (χ1n) is 5.64. The zero-order valence-corrected chi connectivity index (χ0v) is 10.3. The molecule has 0 aliphatic carbocycles. The molecule has 0 bridgehead atoms. The van der Waals surface area contributed by atoms with Gasteiger partial charge in [0.05, 0.1) is 5.69 Å². The average molecular weight is 233 g/mol. The maximum Gasteiger partial charge on any atom is 0.123 e. The first kappa shape index (κ1) is 11.6. The number of hydrogen-bond donors (Lipinski definition) is 1. The summed E-state index contributed by atoms with van der Waals surface area (Å²) < 4.78 is 15.2. The number of nitrogens with zero attached hydrogens (tertiary/aromatic N) is 2. The molecule has 2 rings (SSSR count). The van der Waals surface area contributed by atoms with E-state index in [1.54, 1.807) is 6.07 Å². The molecule has 1 heterocycles. The fourth-order valence-corrected chi connectivity index (χ4v) is 2.14. The topological polar surface area (TPSA) is 43.8 Å². The molecule has 4 heteroatoms. The summed E-state index contributed by atoms with van der Waals surface area (Å²) in [6, 6.07) is 4.42. The standard InChI is InChI=1S/C13H16FN3/c1-4-17-9(3)13(8(2)16-17)11-7-10(14)5-6-12(11)15/h5-7H,4,15H2,1-3H3. The van der Waals surface area contributed by atoms with Gasteiger partial charge in [0.1, 0.15) is 5.82 Å². The summed E-state index contributed by atoms with van der Waals surface area (Å²) in [5, 5.41) is 4.41. The van der Waals surface area contributed by atoms with Crippen LogP contribution in [0.1, 0.15) is 18.3 Å². The Bertz CT molecular complexity index is 558. The van der Waals surface area contributed by atoms with Crippen LogP contribution < -0.4 is 5.73 Å². The average Bonchev–Trinajstić information content (AvgIpc) is 2.58. The SMILES string of the molecule is CCn1nc(C)c(-c2cc(F)ccc2N)c1C. The minimum atomic E-state index is -0.280. The van der Waals surface area contributed by atoms with Gasteiger partial charge in [-0.05, 0) is 39.0 Å². The van der Waals surface area contributed by atoms with E-state index in [2.05, 4.69) is 5.10 Å². The van der Waals surface area contributed by atoms with Crippen LogP contribution in [0, 0.1) is 19.7 Å². The molecule has 1 aromatic carbocycles. The summed E-state index contributed by atoms with van der Waals surface area (Å²) in [7, 11) is 0. The molecular weight excluding hydrogens is 217 g/mol. The van der Waals surface area contributed by atoms with E-state index in [1.807, 2.05) is 25.5 Å². The highest BCUT2D eigenvalue weighted by atomic mass is 19.1. The van der Waals surface area contributed by atoms with Crippen molar-refractivity contribution in [1.29, 1.82) is 0 Å². The van der Waals surface area contributed by atoms with Gasteiger partial charge in [0.25, 0.3) is 0 Å². The Kier molecular flexibility index (Phi) is 2.88. The van der Waals surface area contributed by atoms with Gasteiger partial charge in [0, 0.05) is 29.1 Å². The number of halogens is 1. The molecule has 0 aliphatic rings. The lowest BCUT2D eigenvalue weighted by molar-refractivity contribution is 0.628. The Morgan fingerprint density at radius 3 is 2.65 bits per heavy atom. The Labute approximate surface area is 100 Å². The highest BCUT2D eigenvalue weighted by molar-refractivity contribution is 5.79. The molecular formula is C13H16FN3. The molecule has 0 atom stereocenters. The van der Waals surface area contributed by atoms with Crippen LogP contribution in [0.15, 0.2) is 18.2 Å². The molecule has 0 spiro atoms. The molecule has 0 radical (unpaired) electrons. The molecule has 0 unspecified atom stereocenters. The number of nitrogen functional groups attached to an aromatic ring is 1. The molecule has 1 aromatic heterocycles. The lowest BCUT2D eigenvalue weighted by Gasteiger charge is -2.07. The van der Waals surface area contributed by atoms with Crippen LogP contribution in [0.3, 0.4) is 0 Å². The van der Waals surface area contributed by atoms with Gasteiger partial charge in [0.15, 0.2) is 0 Å². The smallest absolute Gasteiger partial charge is 0.123 e. The van der Waals surface area contributed by atoms with E-state index in [0.717, 1.165) is 29.1 Å². The van der Waals surface area contributed by atoms with Crippen molar-refractivity contribution in [3.05, 3.63) is 35.4 Å². The van der Waals surface area contributed by atoms with E-state index < -0.39 is 0 Å². The molecule has 0 aliphatic heterocycles. The van der Waals surface area contributed by atoms with Crippen LogP contribution in [-0.2, 0) is 6.54 Å². The largest absolute Gasteiger partial charge is 0.398 e. The zero-order valence-electron chi connectivity index (χ0n) is 10.3. The number of aryl methyl sites for hydroxylation is 2. The zero-order chi connectivity index (χ0) is 12.6. The van der Waals surface area contributed by atoms with Crippen LogP contribution in [0.2, 0.25) is 0 Å². The normalized spacial score (nSPS) is 10.8. The van der Waals surface area contributed by atoms with Gasteiger partial charge in [-0.1, -0.05) is 0 Å². The number of hydrogen-bond acceptors (Lipinski definition) is 2. The predicted octanol–water partition coefficient (Wildman–Crippen LogP) is 2.91. The van der Waals surface area contributed by atoms with Crippen molar-refractivity contribution in [3.63, 3.8) is 0 Å². The van der Waals surface area contributed by atoms with Crippen LogP contribution in [0.25, 0.3) is 11.1 Å². The summed E-state index contributed by atoms with van der Waals surface area (Å²) in [4.78, 5) is 0. The first-order valence-corrected chi connectivity index (χ1v) is 5.64. The first-order chi connectivity index (χ1) is 8.04. The Morgan fingerprint density at radius 2 is 2.06 bits per heavy atom. The summed E-state index contributed by atoms with van der Waals surface area (Å²) in [5.41, 5.74) is 10.0. The van der Waals surface area contributed by atoms with Crippen molar-refractivity contribution in [1.82, 2.24) is 9.78 Å². The minimum absolute atomic E-state index is 0.280. The van der Waals surface area contributed by atoms with Crippen LogP contribution in [0.5, 0.6) is 0 Å². The van der Waals surface area contributed by atoms with Crippen LogP contribution in [0.4, 0.5) is 10.1 Å². The van der Waals surface area contributed by atoms with Gasteiger partial charge >= 0.3 is 0 Å². The summed E-state index contributed by atoms with van der Waals surface area (Å²) in [6.07, 6.45) is 0. The van der Waals surface area contributed by atoms with Crippen molar-refractivity contribution in [3.8, 4) is 11.1 Å². The number of aromatic nitrogens is 2. The lowest BCUT2D eigenvalue weighted by Crippen LogP contribution is -1.99. The third-order valence-electron chi connectivity index (χ3n) is 2.97. The third kappa shape index (κ3) is 1.90. The van der Waals surface area contributed by atoms with Crippen molar-refractivity contribution >= 4 is 5.69 Å². The minimum Gasteiger partial charge on any atom is -0.398 e. The molecule has 0 saturated heterocycles. The predicted molar refractivity (Wildman–Crippen MR) is 67.2 cm³/mol. The summed E-state index contributed by atoms with van der Waals surface area (Å²) >= 11 is 0. The third-order valence-corrected chi connectivity index (χ3v) is 2.97. The summed E-state index contributed by atoms with van der Waals surface area (Å²) in [6.45, 7) is 6.71. The van der Waals surface area contributed by atoms with E-state index in [4.69, 9.17) is 5.73 Å².